The van der Waals surface area contributed by atoms with Gasteiger partial charge in [0.15, 0.2) is 0 Å². The van der Waals surface area contributed by atoms with E-state index in [0.29, 0.717) is 0 Å². The van der Waals surface area contributed by atoms with Gasteiger partial charge >= 0.3 is 0 Å². The second kappa shape index (κ2) is 11.2. The third-order valence-corrected chi connectivity index (χ3v) is 11.6. The lowest BCUT2D eigenvalue weighted by atomic mass is 9.86. The molecule has 12 rings (SSSR count). The molecule has 0 N–H and O–H groups in total. The fraction of sp³-hybridized carbons (Fsp3) is 0. The predicted octanol–water partition coefficient (Wildman–Crippen LogP) is 14.1. The SMILES string of the molecule is c1cnc2c(c1)ccc1cc(-c3ccc(-c4ccc(-c5cc6ccc7cccc8c9cccc%10ccc%11cccc(c(c5)c6c78)c%11c%109)cc4)cc3)cnc12. The molecule has 10 aromatic carbocycles. The van der Waals surface area contributed by atoms with Gasteiger partial charge in [-0.25, -0.2) is 0 Å². The van der Waals surface area contributed by atoms with Crippen molar-refractivity contribution in [1.82, 2.24) is 9.97 Å². The molecule has 2 heteroatoms. The fourth-order valence-corrected chi connectivity index (χ4v) is 9.06. The lowest BCUT2D eigenvalue weighted by molar-refractivity contribution is 1.37. The van der Waals surface area contributed by atoms with E-state index in [1.165, 1.54) is 86.9 Å². The molecule has 0 saturated heterocycles. The quantitative estimate of drug-likeness (QED) is 0.173. The van der Waals surface area contributed by atoms with Gasteiger partial charge in [-0.2, -0.15) is 0 Å². The normalized spacial score (nSPS) is 12.1. The molecule has 54 heavy (non-hydrogen) atoms. The van der Waals surface area contributed by atoms with Crippen LogP contribution in [0.4, 0.5) is 0 Å². The summed E-state index contributed by atoms with van der Waals surface area (Å²) in [7, 11) is 0. The average molecular weight is 683 g/mol. The zero-order valence-electron chi connectivity index (χ0n) is 29.2. The third kappa shape index (κ3) is 4.28. The minimum atomic E-state index is 0.938. The molecule has 248 valence electrons. The van der Waals surface area contributed by atoms with Gasteiger partial charge in [0.1, 0.15) is 0 Å². The molecular formula is C52H30N2. The molecule has 0 amide bonds. The molecule has 2 aromatic heterocycles. The van der Waals surface area contributed by atoms with Crippen LogP contribution < -0.4 is 0 Å². The summed E-state index contributed by atoms with van der Waals surface area (Å²) in [4.78, 5) is 9.42. The minimum Gasteiger partial charge on any atom is -0.254 e. The van der Waals surface area contributed by atoms with Crippen LogP contribution in [0.15, 0.2) is 182 Å². The van der Waals surface area contributed by atoms with E-state index in [1.54, 1.807) is 0 Å². The highest BCUT2D eigenvalue weighted by atomic mass is 14.7. The summed E-state index contributed by atoms with van der Waals surface area (Å²) < 4.78 is 0. The van der Waals surface area contributed by atoms with Crippen molar-refractivity contribution >= 4 is 86.4 Å². The van der Waals surface area contributed by atoms with Crippen LogP contribution in [0.2, 0.25) is 0 Å². The second-order valence-corrected chi connectivity index (χ2v) is 14.6. The van der Waals surface area contributed by atoms with Crippen molar-refractivity contribution in [2.75, 3.05) is 0 Å². The lowest BCUT2D eigenvalue weighted by Gasteiger charge is -2.17. The Bertz CT molecular complexity index is 3470. The maximum absolute atomic E-state index is 4.83. The number of fused-ring (bicyclic) bond motifs is 5. The van der Waals surface area contributed by atoms with E-state index in [-0.39, 0.29) is 0 Å². The third-order valence-electron chi connectivity index (χ3n) is 11.6. The van der Waals surface area contributed by atoms with E-state index in [4.69, 9.17) is 4.98 Å². The molecule has 0 unspecified atom stereocenters. The summed E-state index contributed by atoms with van der Waals surface area (Å²) in [5, 5.41) is 17.8. The Hall–Kier alpha value is -7.16. The van der Waals surface area contributed by atoms with Crippen LogP contribution >= 0.6 is 0 Å². The fourth-order valence-electron chi connectivity index (χ4n) is 9.06. The van der Waals surface area contributed by atoms with Crippen molar-refractivity contribution in [1.29, 1.82) is 0 Å². The van der Waals surface area contributed by atoms with Gasteiger partial charge in [0.2, 0.25) is 0 Å². The Morgan fingerprint density at radius 2 is 0.685 bits per heavy atom. The van der Waals surface area contributed by atoms with Crippen LogP contribution in [-0.2, 0) is 0 Å². The van der Waals surface area contributed by atoms with Crippen molar-refractivity contribution in [3.8, 4) is 33.4 Å². The molecule has 0 aliphatic carbocycles. The minimum absolute atomic E-state index is 0.938. The van der Waals surface area contributed by atoms with Crippen molar-refractivity contribution in [2.24, 2.45) is 0 Å². The maximum Gasteiger partial charge on any atom is 0.0964 e. The first-order valence-corrected chi connectivity index (χ1v) is 18.5. The monoisotopic (exact) mass is 682 g/mol. The molecule has 2 nitrogen and oxygen atoms in total. The molecule has 0 saturated carbocycles. The van der Waals surface area contributed by atoms with Crippen LogP contribution in [0, 0.1) is 0 Å². The number of hydrogen-bond donors (Lipinski definition) is 0. The van der Waals surface area contributed by atoms with E-state index < -0.39 is 0 Å². The highest BCUT2D eigenvalue weighted by Gasteiger charge is 2.16. The number of rotatable bonds is 3. The molecule has 0 atom stereocenters. The number of pyridine rings is 2. The summed E-state index contributed by atoms with van der Waals surface area (Å²) in [6.07, 6.45) is 3.79. The van der Waals surface area contributed by atoms with E-state index in [2.05, 4.69) is 169 Å². The summed E-state index contributed by atoms with van der Waals surface area (Å²) in [5.41, 5.74) is 8.94. The second-order valence-electron chi connectivity index (χ2n) is 14.6. The molecule has 0 fully saturated rings. The maximum atomic E-state index is 4.83. The first-order valence-electron chi connectivity index (χ1n) is 18.5. The first-order chi connectivity index (χ1) is 26.7. The van der Waals surface area contributed by atoms with Gasteiger partial charge in [-0.15, -0.1) is 0 Å². The van der Waals surface area contributed by atoms with Gasteiger partial charge in [-0.3, -0.25) is 9.97 Å². The molecule has 0 spiro atoms. The van der Waals surface area contributed by atoms with E-state index in [9.17, 15) is 0 Å². The molecule has 2 heterocycles. The zero-order valence-corrected chi connectivity index (χ0v) is 29.2. The van der Waals surface area contributed by atoms with Gasteiger partial charge in [0, 0.05) is 28.7 Å². The lowest BCUT2D eigenvalue weighted by Crippen LogP contribution is -1.89. The average Bonchev–Trinajstić information content (AvgIpc) is 3.24. The van der Waals surface area contributed by atoms with Gasteiger partial charge in [-0.1, -0.05) is 146 Å². The largest absolute Gasteiger partial charge is 0.254 e. The van der Waals surface area contributed by atoms with Crippen LogP contribution in [0.25, 0.3) is 120 Å². The summed E-state index contributed by atoms with van der Waals surface area (Å²) in [5.74, 6) is 0. The van der Waals surface area contributed by atoms with E-state index in [1.807, 2.05) is 18.5 Å². The Morgan fingerprint density at radius 3 is 1.30 bits per heavy atom. The van der Waals surface area contributed by atoms with Crippen molar-refractivity contribution in [3.63, 3.8) is 0 Å². The molecule has 0 aliphatic heterocycles. The topological polar surface area (TPSA) is 25.8 Å². The summed E-state index contributed by atoms with van der Waals surface area (Å²) in [6, 6.07) is 62.7. The van der Waals surface area contributed by atoms with Gasteiger partial charge < -0.3 is 0 Å². The molecule has 12 aromatic rings. The Balaban J connectivity index is 0.979. The van der Waals surface area contributed by atoms with Crippen molar-refractivity contribution in [2.45, 2.75) is 0 Å². The number of benzene rings is 9. The van der Waals surface area contributed by atoms with Crippen molar-refractivity contribution < 1.29 is 0 Å². The molecular weight excluding hydrogens is 653 g/mol. The standard InChI is InChI=1S/C52H30N2/c1-5-35-20-21-36-7-3-11-45-46-29-41(27-39-24-22-37-6-2-10-44(48(37)50(39)46)43(9-1)47(35)49(36)45)33-16-12-31(13-17-33)32-14-18-34(19-15-32)42-28-40-25-23-38-8-4-26-53-51(38)52(40)54-30-42/h1-30H. The number of aromatic nitrogens is 2. The van der Waals surface area contributed by atoms with Crippen LogP contribution in [0.5, 0.6) is 0 Å². The highest BCUT2D eigenvalue weighted by molar-refractivity contribution is 6.37. The van der Waals surface area contributed by atoms with E-state index in [0.717, 1.165) is 32.9 Å². The first kappa shape index (κ1) is 29.4. The Kier molecular flexibility index (Phi) is 6.09. The summed E-state index contributed by atoms with van der Waals surface area (Å²) in [6.45, 7) is 0. The number of nitrogens with zero attached hydrogens (tertiary/aromatic N) is 2. The van der Waals surface area contributed by atoms with Crippen LogP contribution in [0.3, 0.4) is 0 Å². The molecule has 0 bridgehead atoms. The Labute approximate surface area is 310 Å². The zero-order chi connectivity index (χ0) is 35.3. The van der Waals surface area contributed by atoms with Crippen molar-refractivity contribution in [3.05, 3.63) is 182 Å². The molecule has 0 radical (unpaired) electrons. The summed E-state index contributed by atoms with van der Waals surface area (Å²) >= 11 is 0. The van der Waals surface area contributed by atoms with E-state index >= 15 is 0 Å². The van der Waals surface area contributed by atoms with Crippen LogP contribution in [-0.4, -0.2) is 9.97 Å². The van der Waals surface area contributed by atoms with Gasteiger partial charge in [0.05, 0.1) is 11.0 Å². The smallest absolute Gasteiger partial charge is 0.0964 e. The van der Waals surface area contributed by atoms with Gasteiger partial charge in [-0.05, 0) is 117 Å². The Morgan fingerprint density at radius 1 is 0.259 bits per heavy atom. The highest BCUT2D eigenvalue weighted by Crippen LogP contribution is 2.44. The molecule has 0 aliphatic rings. The number of hydrogen-bond acceptors (Lipinski definition) is 2. The van der Waals surface area contributed by atoms with Crippen LogP contribution in [0.1, 0.15) is 0 Å². The predicted molar refractivity (Wildman–Crippen MR) is 230 cm³/mol. The van der Waals surface area contributed by atoms with Gasteiger partial charge in [0.25, 0.3) is 0 Å².